The number of imidazole rings is 1. The number of pyridine rings is 1. The van der Waals surface area contributed by atoms with E-state index in [-0.39, 0.29) is 22.7 Å². The predicted octanol–water partition coefficient (Wildman–Crippen LogP) is 3.71. The number of aromatic nitrogens is 4. The zero-order valence-electron chi connectivity index (χ0n) is 16.5. The van der Waals surface area contributed by atoms with Gasteiger partial charge in [-0.2, -0.15) is 22.5 Å². The lowest BCUT2D eigenvalue weighted by Crippen LogP contribution is -2.04. The summed E-state index contributed by atoms with van der Waals surface area (Å²) < 4.78 is 65.5. The molecule has 0 N–H and O–H groups in total. The summed E-state index contributed by atoms with van der Waals surface area (Å²) in [5, 5.41) is 3.32. The maximum atomic E-state index is 12.9. The summed E-state index contributed by atoms with van der Waals surface area (Å²) in [6, 6.07) is 9.13. The molecule has 0 radical (unpaired) electrons. The van der Waals surface area contributed by atoms with Crippen molar-refractivity contribution < 1.29 is 31.4 Å². The van der Waals surface area contributed by atoms with Gasteiger partial charge in [0.25, 0.3) is 0 Å². The van der Waals surface area contributed by atoms with Crippen molar-refractivity contribution in [1.82, 2.24) is 19.5 Å². The summed E-state index contributed by atoms with van der Waals surface area (Å²) in [7, 11) is -1.56. The van der Waals surface area contributed by atoms with Gasteiger partial charge in [-0.05, 0) is 36.4 Å². The van der Waals surface area contributed by atoms with Crippen LogP contribution in [0.4, 0.5) is 13.2 Å². The highest BCUT2D eigenvalue weighted by Crippen LogP contribution is 2.29. The number of rotatable bonds is 4. The zero-order chi connectivity index (χ0) is 23.1. The highest BCUT2D eigenvalue weighted by Gasteiger charge is 2.38. The van der Waals surface area contributed by atoms with Crippen LogP contribution < -0.4 is 4.74 Å². The van der Waals surface area contributed by atoms with Crippen LogP contribution in [0.1, 0.15) is 16.4 Å². The molecule has 1 aromatic carbocycles. The second-order valence-electron chi connectivity index (χ2n) is 6.60. The summed E-state index contributed by atoms with van der Waals surface area (Å²) in [6.45, 7) is 0. The Balaban J connectivity index is 1.65. The van der Waals surface area contributed by atoms with Crippen LogP contribution >= 0.6 is 0 Å². The van der Waals surface area contributed by atoms with E-state index in [1.807, 2.05) is 0 Å². The van der Waals surface area contributed by atoms with Crippen LogP contribution in [0.25, 0.3) is 17.0 Å². The Morgan fingerprint density at radius 3 is 2.53 bits per heavy atom. The van der Waals surface area contributed by atoms with Gasteiger partial charge in [-0.15, -0.1) is 0 Å². The fourth-order valence-electron chi connectivity index (χ4n) is 2.77. The lowest BCUT2D eigenvalue weighted by atomic mass is 10.2. The minimum Gasteiger partial charge on any atom is -0.497 e. The monoisotopic (exact) mass is 465 g/mol. The molecule has 32 heavy (non-hydrogen) atoms. The first kappa shape index (κ1) is 21.5. The average Bonchev–Trinajstić information content (AvgIpc) is 3.40. The molecule has 0 saturated heterocycles. The average molecular weight is 465 g/mol. The van der Waals surface area contributed by atoms with E-state index in [1.165, 1.54) is 42.3 Å². The quantitative estimate of drug-likeness (QED) is 0.452. The number of hydrogen-bond acceptors (Lipinski definition) is 7. The Hall–Kier alpha value is -3.74. The van der Waals surface area contributed by atoms with Crippen LogP contribution in [0.5, 0.6) is 5.75 Å². The van der Waals surface area contributed by atoms with Crippen molar-refractivity contribution in [2.45, 2.75) is 11.1 Å². The van der Waals surface area contributed by atoms with E-state index in [9.17, 15) is 22.2 Å². The molecule has 0 aliphatic rings. The maximum Gasteiger partial charge on any atom is 0.471 e. The number of methoxy groups -OCH3 is 1. The Morgan fingerprint density at radius 1 is 1.19 bits per heavy atom. The number of hydrogen-bond donors (Lipinski definition) is 0. The fourth-order valence-corrected chi connectivity index (χ4v) is 3.92. The predicted molar refractivity (Wildman–Crippen MR) is 106 cm³/mol. The van der Waals surface area contributed by atoms with Crippen molar-refractivity contribution in [3.8, 4) is 17.1 Å². The Kier molecular flexibility index (Phi) is 5.20. The van der Waals surface area contributed by atoms with Crippen molar-refractivity contribution >= 4 is 21.3 Å². The van der Waals surface area contributed by atoms with Gasteiger partial charge >= 0.3 is 18.0 Å². The number of carbonyl (C=O) groups is 1. The molecule has 0 aliphatic heterocycles. The molecular formula is C19H14F3N5O4S. The third kappa shape index (κ3) is 4.19. The Morgan fingerprint density at radius 2 is 1.91 bits per heavy atom. The lowest BCUT2D eigenvalue weighted by molar-refractivity contribution is -0.159. The van der Waals surface area contributed by atoms with E-state index in [1.54, 1.807) is 24.3 Å². The second kappa shape index (κ2) is 7.75. The number of amides is 1. The molecule has 1 amide bonds. The van der Waals surface area contributed by atoms with E-state index in [2.05, 4.69) is 24.0 Å². The third-order valence-corrected chi connectivity index (χ3v) is 6.02. The molecule has 3 aromatic heterocycles. The molecule has 0 aliphatic carbocycles. The van der Waals surface area contributed by atoms with Gasteiger partial charge in [0.15, 0.2) is 0 Å². The molecule has 1 unspecified atom stereocenters. The number of ether oxygens (including phenoxy) is 1. The van der Waals surface area contributed by atoms with Gasteiger partial charge in [-0.25, -0.2) is 9.19 Å². The molecule has 3 heterocycles. The smallest absolute Gasteiger partial charge is 0.471 e. The van der Waals surface area contributed by atoms with Gasteiger partial charge < -0.3 is 13.7 Å². The van der Waals surface area contributed by atoms with E-state index in [0.29, 0.717) is 10.6 Å². The first-order valence-corrected chi connectivity index (χ1v) is 10.8. The van der Waals surface area contributed by atoms with Crippen LogP contribution in [-0.4, -0.2) is 43.0 Å². The van der Waals surface area contributed by atoms with E-state index in [0.717, 1.165) is 0 Å². The normalized spacial score (nSPS) is 13.7. The van der Waals surface area contributed by atoms with E-state index >= 15 is 0 Å². The zero-order valence-corrected chi connectivity index (χ0v) is 17.3. The number of alkyl halides is 3. The molecule has 0 saturated carbocycles. The molecule has 1 atom stereocenters. The topological polar surface area (TPSA) is 112 Å². The van der Waals surface area contributed by atoms with Crippen molar-refractivity contribution in [3.63, 3.8) is 0 Å². The first-order valence-electron chi connectivity index (χ1n) is 8.87. The lowest BCUT2D eigenvalue weighted by Gasteiger charge is -2.04. The van der Waals surface area contributed by atoms with Crippen molar-refractivity contribution in [2.75, 3.05) is 13.4 Å². The van der Waals surface area contributed by atoms with Gasteiger partial charge in [0.2, 0.25) is 5.82 Å². The standard InChI is InChI=1S/C19H14F3N5O4S/c1-30-12-3-5-13(6-4-12)32(2,29)26-17(28)14-10-27-8-7-11(9-15(27)23-14)16-24-18(31-25-16)19(20,21)22/h3-10H,1-2H3. The molecule has 0 bridgehead atoms. The van der Waals surface area contributed by atoms with E-state index in [4.69, 9.17) is 4.74 Å². The molecule has 0 spiro atoms. The molecular weight excluding hydrogens is 451 g/mol. The largest absolute Gasteiger partial charge is 0.497 e. The molecule has 166 valence electrons. The Labute approximate surface area is 179 Å². The summed E-state index contributed by atoms with van der Waals surface area (Å²) in [5.74, 6) is -1.99. The van der Waals surface area contributed by atoms with Gasteiger partial charge in [-0.3, -0.25) is 4.79 Å². The van der Waals surface area contributed by atoms with Crippen LogP contribution in [0.3, 0.4) is 0 Å². The van der Waals surface area contributed by atoms with Crippen molar-refractivity contribution in [2.24, 2.45) is 4.36 Å². The van der Waals surface area contributed by atoms with Gasteiger partial charge in [-0.1, -0.05) is 5.16 Å². The van der Waals surface area contributed by atoms with Crippen molar-refractivity contribution in [1.29, 1.82) is 0 Å². The number of fused-ring (bicyclic) bond motifs is 1. The van der Waals surface area contributed by atoms with Gasteiger partial charge in [0.1, 0.15) is 17.1 Å². The fraction of sp³-hybridized carbons (Fsp3) is 0.158. The summed E-state index contributed by atoms with van der Waals surface area (Å²) in [6.07, 6.45) is -0.604. The molecule has 4 aromatic rings. The minimum absolute atomic E-state index is 0.0886. The van der Waals surface area contributed by atoms with Gasteiger partial charge in [0, 0.05) is 29.1 Å². The molecule has 4 rings (SSSR count). The van der Waals surface area contributed by atoms with Crippen LogP contribution in [0, 0.1) is 0 Å². The maximum absolute atomic E-state index is 12.9. The van der Waals surface area contributed by atoms with Gasteiger partial charge in [0.05, 0.1) is 16.8 Å². The van der Waals surface area contributed by atoms with Crippen LogP contribution in [-0.2, 0) is 15.9 Å². The molecule has 9 nitrogen and oxygen atoms in total. The number of nitrogens with zero attached hydrogens (tertiary/aromatic N) is 5. The number of halogens is 3. The summed E-state index contributed by atoms with van der Waals surface area (Å²) in [4.78, 5) is 20.4. The molecule has 0 fully saturated rings. The summed E-state index contributed by atoms with van der Waals surface area (Å²) >= 11 is 0. The highest BCUT2D eigenvalue weighted by molar-refractivity contribution is 7.93. The summed E-state index contributed by atoms with van der Waals surface area (Å²) in [5.41, 5.74) is 0.344. The third-order valence-electron chi connectivity index (χ3n) is 4.36. The van der Waals surface area contributed by atoms with Crippen LogP contribution in [0.2, 0.25) is 0 Å². The highest BCUT2D eigenvalue weighted by atomic mass is 32.2. The van der Waals surface area contributed by atoms with Crippen molar-refractivity contribution in [3.05, 3.63) is 60.4 Å². The number of benzene rings is 1. The Bertz CT molecular complexity index is 1430. The minimum atomic E-state index is -4.76. The number of carbonyl (C=O) groups excluding carboxylic acids is 1. The molecule has 13 heteroatoms. The SMILES string of the molecule is COc1ccc(S(C)(=O)=NC(=O)c2cn3ccc(-c4noc(C(F)(F)F)n4)cc3n2)cc1. The second-order valence-corrected chi connectivity index (χ2v) is 8.86. The first-order chi connectivity index (χ1) is 15.1. The van der Waals surface area contributed by atoms with Crippen LogP contribution in [0.15, 0.2) is 62.6 Å². The van der Waals surface area contributed by atoms with E-state index < -0.39 is 27.7 Å².